The summed E-state index contributed by atoms with van der Waals surface area (Å²) in [6, 6.07) is 6.00. The van der Waals surface area contributed by atoms with Crippen LogP contribution < -0.4 is 0 Å². The smallest absolute Gasteiger partial charge is 0.0950 e. The fourth-order valence-electron chi connectivity index (χ4n) is 3.26. The molecule has 0 saturated carbocycles. The molecule has 0 unspecified atom stereocenters. The number of thiazole rings is 4. The molecule has 0 aliphatic carbocycles. The lowest BCUT2D eigenvalue weighted by Gasteiger charge is -2.00. The molecule has 0 N–H and O–H groups in total. The molecule has 0 aromatic carbocycles. The van der Waals surface area contributed by atoms with E-state index in [9.17, 15) is 0 Å². The minimum absolute atomic E-state index is 0.547. The van der Waals surface area contributed by atoms with Crippen molar-refractivity contribution in [3.63, 3.8) is 0 Å². The van der Waals surface area contributed by atoms with Crippen LogP contribution in [0.5, 0.6) is 0 Å². The fraction of sp³-hybridized carbons (Fsp3) is 0.500. The highest BCUT2D eigenvalue weighted by Crippen LogP contribution is 2.20. The van der Waals surface area contributed by atoms with Crippen molar-refractivity contribution in [2.24, 2.45) is 0 Å². The summed E-state index contributed by atoms with van der Waals surface area (Å²) in [6.45, 7) is 25.7. The predicted octanol–water partition coefficient (Wildman–Crippen LogP) is 11.9. The van der Waals surface area contributed by atoms with Gasteiger partial charge in [-0.15, -0.1) is 45.3 Å². The van der Waals surface area contributed by atoms with Gasteiger partial charge in [0.25, 0.3) is 0 Å². The van der Waals surface area contributed by atoms with E-state index in [0.717, 1.165) is 5.69 Å². The summed E-state index contributed by atoms with van der Waals surface area (Å²) in [5, 5.41) is 8.61. The largest absolute Gasteiger partial charge is 0.261 e. The fourth-order valence-corrected chi connectivity index (χ4v) is 6.14. The number of hydrogen-bond donors (Lipinski definition) is 0. The quantitative estimate of drug-likeness (QED) is 0.188. The van der Waals surface area contributed by atoms with Crippen LogP contribution >= 0.6 is 45.3 Å². The molecule has 5 aromatic rings. The lowest BCUT2D eigenvalue weighted by molar-refractivity contribution is 0.823. The van der Waals surface area contributed by atoms with E-state index >= 15 is 0 Å². The molecule has 0 radical (unpaired) electrons. The Morgan fingerprint density at radius 1 is 0.558 bits per heavy atom. The predicted molar refractivity (Wildman–Crippen MR) is 193 cm³/mol. The van der Waals surface area contributed by atoms with E-state index in [-0.39, 0.29) is 0 Å². The summed E-state index contributed by atoms with van der Waals surface area (Å²) < 4.78 is 0. The van der Waals surface area contributed by atoms with E-state index in [1.165, 1.54) is 32.0 Å². The van der Waals surface area contributed by atoms with Gasteiger partial charge in [0, 0.05) is 45.0 Å². The van der Waals surface area contributed by atoms with Crippen LogP contribution in [0.25, 0.3) is 0 Å². The molecule has 0 saturated heterocycles. The minimum Gasteiger partial charge on any atom is -0.261 e. The minimum atomic E-state index is 0.547. The van der Waals surface area contributed by atoms with E-state index < -0.39 is 0 Å². The monoisotopic (exact) mass is 657 g/mol. The van der Waals surface area contributed by atoms with Crippen molar-refractivity contribution >= 4 is 45.3 Å². The number of aryl methyl sites for hydroxylation is 2. The van der Waals surface area contributed by atoms with Crippen molar-refractivity contribution in [1.82, 2.24) is 24.9 Å². The van der Waals surface area contributed by atoms with Gasteiger partial charge in [-0.2, -0.15) is 0 Å². The van der Waals surface area contributed by atoms with Crippen molar-refractivity contribution in [2.45, 2.75) is 113 Å². The second-order valence-electron chi connectivity index (χ2n) is 11.4. The molecular formula is C34H51N5S4. The first-order valence-corrected chi connectivity index (χ1v) is 18.4. The molecule has 0 aliphatic heterocycles. The molecular weight excluding hydrogens is 607 g/mol. The first kappa shape index (κ1) is 38.7. The van der Waals surface area contributed by atoms with Crippen LogP contribution in [-0.4, -0.2) is 24.9 Å². The van der Waals surface area contributed by atoms with Gasteiger partial charge in [-0.25, -0.2) is 19.9 Å². The van der Waals surface area contributed by atoms with Gasteiger partial charge in [0.05, 0.1) is 38.1 Å². The summed E-state index contributed by atoms with van der Waals surface area (Å²) in [5.74, 6) is 2.88. The maximum absolute atomic E-state index is 4.33. The molecule has 5 heterocycles. The first-order chi connectivity index (χ1) is 20.3. The normalized spacial score (nSPS) is 10.4. The molecule has 0 atom stereocenters. The van der Waals surface area contributed by atoms with Crippen LogP contribution in [0.3, 0.4) is 0 Å². The van der Waals surface area contributed by atoms with Gasteiger partial charge < -0.3 is 0 Å². The van der Waals surface area contributed by atoms with E-state index in [4.69, 9.17) is 0 Å². The molecule has 9 heteroatoms. The third-order valence-electron chi connectivity index (χ3n) is 5.82. The molecule has 5 aromatic heterocycles. The Bertz CT molecular complexity index is 1280. The zero-order valence-corrected chi connectivity index (χ0v) is 31.3. The third kappa shape index (κ3) is 16.4. The van der Waals surface area contributed by atoms with Crippen molar-refractivity contribution in [1.29, 1.82) is 0 Å². The Balaban J connectivity index is 0.000000269. The van der Waals surface area contributed by atoms with Gasteiger partial charge in [-0.1, -0.05) is 75.3 Å². The van der Waals surface area contributed by atoms with Gasteiger partial charge in [0.2, 0.25) is 0 Å². The van der Waals surface area contributed by atoms with Crippen molar-refractivity contribution in [3.05, 3.63) is 95.4 Å². The highest BCUT2D eigenvalue weighted by atomic mass is 32.1. The molecule has 0 aliphatic rings. The highest BCUT2D eigenvalue weighted by Gasteiger charge is 2.04. The van der Waals surface area contributed by atoms with Crippen LogP contribution in [0.2, 0.25) is 0 Å². The van der Waals surface area contributed by atoms with Crippen LogP contribution in [-0.2, 0) is 0 Å². The molecule has 0 fully saturated rings. The first-order valence-electron chi connectivity index (χ1n) is 14.8. The molecule has 43 heavy (non-hydrogen) atoms. The lowest BCUT2D eigenvalue weighted by Crippen LogP contribution is -1.88. The van der Waals surface area contributed by atoms with E-state index in [1.54, 1.807) is 45.3 Å². The molecule has 0 spiro atoms. The van der Waals surface area contributed by atoms with Gasteiger partial charge in [0.1, 0.15) is 0 Å². The van der Waals surface area contributed by atoms with Crippen molar-refractivity contribution < 1.29 is 0 Å². The maximum atomic E-state index is 4.33. The van der Waals surface area contributed by atoms with Crippen LogP contribution in [0, 0.1) is 13.8 Å². The Morgan fingerprint density at radius 2 is 1.23 bits per heavy atom. The number of nitrogens with zero attached hydrogens (tertiary/aromatic N) is 5. The highest BCUT2D eigenvalue weighted by molar-refractivity contribution is 7.10. The molecule has 5 rings (SSSR count). The Kier molecular flexibility index (Phi) is 19.2. The van der Waals surface area contributed by atoms with Crippen LogP contribution in [0.15, 0.2) is 57.8 Å². The molecule has 236 valence electrons. The second kappa shape index (κ2) is 21.4. The summed E-state index contributed by atoms with van der Waals surface area (Å²) >= 11 is 6.82. The van der Waals surface area contributed by atoms with Gasteiger partial charge >= 0.3 is 0 Å². The average molecular weight is 658 g/mol. The summed E-state index contributed by atoms with van der Waals surface area (Å²) in [7, 11) is 0. The average Bonchev–Trinajstić information content (AvgIpc) is 3.79. The van der Waals surface area contributed by atoms with Gasteiger partial charge in [-0.3, -0.25) is 4.98 Å². The van der Waals surface area contributed by atoms with Crippen molar-refractivity contribution in [3.8, 4) is 0 Å². The topological polar surface area (TPSA) is 64.5 Å². The van der Waals surface area contributed by atoms with Crippen molar-refractivity contribution in [2.75, 3.05) is 0 Å². The van der Waals surface area contributed by atoms with E-state index in [1.807, 2.05) is 53.9 Å². The number of aromatic nitrogens is 5. The number of hydrogen-bond acceptors (Lipinski definition) is 9. The number of pyridine rings is 1. The number of rotatable bonds is 5. The maximum Gasteiger partial charge on any atom is 0.0950 e. The van der Waals surface area contributed by atoms with Gasteiger partial charge in [-0.05, 0) is 49.7 Å². The SMILES string of the molecule is CC(C)c1ccccn1.CC(C)c1cscn1.CC(C)c1nccs1.Cc1nc(C(C)C)cs1.Cc1scnc1C(C)C. The second-order valence-corrected chi connectivity index (χ2v) is 15.2. The summed E-state index contributed by atoms with van der Waals surface area (Å²) in [5.41, 5.74) is 8.62. The lowest BCUT2D eigenvalue weighted by atomic mass is 10.1. The van der Waals surface area contributed by atoms with E-state index in [2.05, 4.69) is 112 Å². The Labute approximate surface area is 277 Å². The Hall–Kier alpha value is -2.33. The van der Waals surface area contributed by atoms with Gasteiger partial charge in [0.15, 0.2) is 0 Å². The zero-order chi connectivity index (χ0) is 32.4. The van der Waals surface area contributed by atoms with Crippen LogP contribution in [0.1, 0.15) is 136 Å². The van der Waals surface area contributed by atoms with Crippen LogP contribution in [0.4, 0.5) is 0 Å². The molecule has 5 nitrogen and oxygen atoms in total. The third-order valence-corrected chi connectivity index (χ3v) is 9.07. The zero-order valence-electron chi connectivity index (χ0n) is 28.0. The standard InChI is InChI=1S/C8H11N.2C7H11NS.2C6H9NS/c1-7(2)8-5-3-4-6-9-8;1-5(2)7-6(3)9-4-8-7;1-5(2)7-4-9-6(3)8-7;1-5(2)6-3-8-4-7-6;1-5(2)6-7-3-4-8-6/h3-7H,1-2H3;2*4-5H,1-3H3;2*3-5H,1-2H3. The molecule has 0 amide bonds. The summed E-state index contributed by atoms with van der Waals surface area (Å²) in [4.78, 5) is 22.4. The Morgan fingerprint density at radius 3 is 1.49 bits per heavy atom. The molecule has 0 bridgehead atoms. The summed E-state index contributed by atoms with van der Waals surface area (Å²) in [6.07, 6.45) is 3.68. The van der Waals surface area contributed by atoms with E-state index in [0.29, 0.717) is 29.6 Å².